The first-order chi connectivity index (χ1) is 23.1. The summed E-state index contributed by atoms with van der Waals surface area (Å²) < 4.78 is 20.0. The molecule has 8 heteroatoms. The van der Waals surface area contributed by atoms with Gasteiger partial charge in [0, 0.05) is 40.6 Å². The number of pyridine rings is 2. The van der Waals surface area contributed by atoms with E-state index in [1.807, 2.05) is 107 Å². The molecule has 0 spiro atoms. The van der Waals surface area contributed by atoms with Gasteiger partial charge in [0.1, 0.15) is 17.2 Å². The predicted molar refractivity (Wildman–Crippen MR) is 186 cm³/mol. The Kier molecular flexibility index (Phi) is 7.97. The number of carbonyl (C=O) groups is 1. The van der Waals surface area contributed by atoms with Crippen LogP contribution in [-0.4, -0.2) is 32.8 Å². The lowest BCUT2D eigenvalue weighted by Crippen LogP contribution is -2.28. The lowest BCUT2D eigenvalue weighted by Gasteiger charge is -2.29. The fourth-order valence-corrected chi connectivity index (χ4v) is 6.54. The van der Waals surface area contributed by atoms with Crippen LogP contribution in [0.2, 0.25) is 0 Å². The highest BCUT2D eigenvalue weighted by molar-refractivity contribution is 6.08. The Balaban J connectivity index is 1.43. The number of nitrogens with zero attached hydrogens (tertiary/aromatic N) is 2. The van der Waals surface area contributed by atoms with Crippen LogP contribution in [0, 0.1) is 6.92 Å². The average molecular weight is 641 g/mol. The van der Waals surface area contributed by atoms with Gasteiger partial charge in [-0.15, -0.1) is 0 Å². The van der Waals surface area contributed by atoms with Crippen LogP contribution in [0.3, 0.4) is 0 Å². The average Bonchev–Trinajstić information content (AvgIpc) is 3.06. The topological polar surface area (TPSA) is 99.9 Å². The minimum Gasteiger partial charge on any atom is -0.493 e. The Bertz CT molecular complexity index is 2220. The van der Waals surface area contributed by atoms with Crippen molar-refractivity contribution in [2.24, 2.45) is 0 Å². The Hall–Kier alpha value is -5.47. The maximum atomic E-state index is 13.6. The summed E-state index contributed by atoms with van der Waals surface area (Å²) in [4.78, 5) is 31.3. The van der Waals surface area contributed by atoms with E-state index >= 15 is 0 Å². The molecule has 1 N–H and O–H groups in total. The van der Waals surface area contributed by atoms with Crippen LogP contribution in [0.15, 0.2) is 102 Å². The van der Waals surface area contributed by atoms with Crippen LogP contribution >= 0.6 is 0 Å². The summed E-state index contributed by atoms with van der Waals surface area (Å²) in [6, 6.07) is 28.3. The standard InChI is InChI=1S/C40H36N2O6/c1-24-22-31-29(15-17-33(43)42(31)23-25-10-12-28(13-11-25)47-27-8-6-5-7-9-27)36(34(24)38(39(44)45)48-40(2,3)4)30-14-16-32-35-26(19-21-46-32)18-20-41-37(30)35/h5-18,20,22,38H,19,21,23H2,1-4H3,(H,44,45). The minimum absolute atomic E-state index is 0.172. The Morgan fingerprint density at radius 2 is 1.73 bits per heavy atom. The van der Waals surface area contributed by atoms with Gasteiger partial charge in [0.15, 0.2) is 6.10 Å². The lowest BCUT2D eigenvalue weighted by molar-refractivity contribution is -0.160. The quantitative estimate of drug-likeness (QED) is 0.179. The van der Waals surface area contributed by atoms with E-state index in [1.165, 1.54) is 0 Å². The first-order valence-corrected chi connectivity index (χ1v) is 16.0. The van der Waals surface area contributed by atoms with Crippen molar-refractivity contribution in [2.75, 3.05) is 6.61 Å². The van der Waals surface area contributed by atoms with Crippen LogP contribution in [0.4, 0.5) is 0 Å². The van der Waals surface area contributed by atoms with E-state index < -0.39 is 17.7 Å². The maximum absolute atomic E-state index is 13.6. The van der Waals surface area contributed by atoms with Gasteiger partial charge in [0.25, 0.3) is 5.56 Å². The SMILES string of the molecule is Cc1cc2c(ccc(=O)n2Cc2ccc(Oc3ccccc3)cc2)c(-c2ccc3c4c(ccnc24)CCO3)c1C(OC(C)(C)C)C(=O)O. The number of aromatic nitrogens is 2. The fourth-order valence-electron chi connectivity index (χ4n) is 6.54. The highest BCUT2D eigenvalue weighted by Crippen LogP contribution is 2.45. The Morgan fingerprint density at radius 3 is 2.46 bits per heavy atom. The van der Waals surface area contributed by atoms with Crippen LogP contribution in [0.25, 0.3) is 32.9 Å². The molecule has 6 aromatic rings. The van der Waals surface area contributed by atoms with Crippen LogP contribution in [0.1, 0.15) is 49.1 Å². The molecule has 0 bridgehead atoms. The molecule has 1 aliphatic rings. The van der Waals surface area contributed by atoms with Gasteiger partial charge in [0.05, 0.1) is 29.8 Å². The van der Waals surface area contributed by atoms with E-state index in [0.29, 0.717) is 46.6 Å². The van der Waals surface area contributed by atoms with Crippen molar-refractivity contribution < 1.29 is 24.1 Å². The van der Waals surface area contributed by atoms with Gasteiger partial charge in [-0.3, -0.25) is 9.78 Å². The van der Waals surface area contributed by atoms with E-state index in [1.54, 1.807) is 22.9 Å². The zero-order chi connectivity index (χ0) is 33.6. The van der Waals surface area contributed by atoms with Gasteiger partial charge in [-0.1, -0.05) is 30.3 Å². The summed E-state index contributed by atoms with van der Waals surface area (Å²) in [5.41, 5.74) is 5.15. The number of benzene rings is 4. The molecule has 0 aliphatic carbocycles. The molecule has 8 nitrogen and oxygen atoms in total. The molecule has 48 heavy (non-hydrogen) atoms. The number of rotatable bonds is 8. The number of fused-ring (bicyclic) bond motifs is 1. The number of hydrogen-bond donors (Lipinski definition) is 1. The summed E-state index contributed by atoms with van der Waals surface area (Å²) in [5, 5.41) is 12.2. The fraction of sp³-hybridized carbons (Fsp3) is 0.225. The molecule has 0 saturated carbocycles. The van der Waals surface area contributed by atoms with Crippen molar-refractivity contribution in [3.8, 4) is 28.4 Å². The van der Waals surface area contributed by atoms with Crippen molar-refractivity contribution in [3.05, 3.63) is 130 Å². The number of aliphatic carboxylic acids is 1. The van der Waals surface area contributed by atoms with E-state index in [0.717, 1.165) is 45.4 Å². The van der Waals surface area contributed by atoms with Crippen molar-refractivity contribution >= 4 is 27.8 Å². The van der Waals surface area contributed by atoms with E-state index in [4.69, 9.17) is 19.2 Å². The predicted octanol–water partition coefficient (Wildman–Crippen LogP) is 8.24. The van der Waals surface area contributed by atoms with Crippen molar-refractivity contribution in [1.29, 1.82) is 0 Å². The highest BCUT2D eigenvalue weighted by Gasteiger charge is 2.33. The molecule has 0 amide bonds. The molecular weight excluding hydrogens is 604 g/mol. The number of para-hydroxylation sites is 1. The lowest BCUT2D eigenvalue weighted by atomic mass is 9.86. The van der Waals surface area contributed by atoms with Gasteiger partial charge >= 0.3 is 5.97 Å². The summed E-state index contributed by atoms with van der Waals surface area (Å²) in [7, 11) is 0. The first kappa shape index (κ1) is 31.1. The third kappa shape index (κ3) is 5.91. The van der Waals surface area contributed by atoms with E-state index in [2.05, 4.69) is 0 Å². The molecule has 1 atom stereocenters. The Labute approximate surface area is 278 Å². The molecule has 3 heterocycles. The van der Waals surface area contributed by atoms with Gasteiger partial charge in [-0.25, -0.2) is 4.79 Å². The second-order valence-corrected chi connectivity index (χ2v) is 13.1. The molecule has 2 aromatic heterocycles. The summed E-state index contributed by atoms with van der Waals surface area (Å²) in [6.45, 7) is 8.28. The number of carboxylic acids is 1. The maximum Gasteiger partial charge on any atom is 0.337 e. The normalized spacial score (nSPS) is 13.3. The summed E-state index contributed by atoms with van der Waals surface area (Å²) in [5.74, 6) is 1.08. The molecule has 0 fully saturated rings. The van der Waals surface area contributed by atoms with Crippen molar-refractivity contribution in [2.45, 2.75) is 52.4 Å². The molecule has 1 aliphatic heterocycles. The van der Waals surface area contributed by atoms with Gasteiger partial charge < -0.3 is 23.9 Å². The summed E-state index contributed by atoms with van der Waals surface area (Å²) in [6.07, 6.45) is 1.26. The van der Waals surface area contributed by atoms with Crippen LogP contribution in [0.5, 0.6) is 17.2 Å². The highest BCUT2D eigenvalue weighted by atomic mass is 16.5. The zero-order valence-electron chi connectivity index (χ0n) is 27.3. The number of ether oxygens (including phenoxy) is 3. The van der Waals surface area contributed by atoms with Gasteiger partial charge in [0.2, 0.25) is 0 Å². The number of carboxylic acid groups (broad SMARTS) is 1. The molecule has 1 unspecified atom stereocenters. The minimum atomic E-state index is -1.27. The molecule has 7 rings (SSSR count). The second kappa shape index (κ2) is 12.3. The smallest absolute Gasteiger partial charge is 0.337 e. The third-order valence-electron chi connectivity index (χ3n) is 8.58. The monoisotopic (exact) mass is 640 g/mol. The van der Waals surface area contributed by atoms with E-state index in [-0.39, 0.29) is 5.56 Å². The first-order valence-electron chi connectivity index (χ1n) is 16.0. The number of aryl methyl sites for hydroxylation is 1. The largest absolute Gasteiger partial charge is 0.493 e. The molecule has 4 aromatic carbocycles. The molecule has 242 valence electrons. The number of hydrogen-bond acceptors (Lipinski definition) is 6. The third-order valence-corrected chi connectivity index (χ3v) is 8.58. The molecule has 0 radical (unpaired) electrons. The zero-order valence-corrected chi connectivity index (χ0v) is 27.3. The van der Waals surface area contributed by atoms with Gasteiger partial charge in [-0.2, -0.15) is 0 Å². The molecule has 0 saturated heterocycles. The van der Waals surface area contributed by atoms with Gasteiger partial charge in [-0.05, 0) is 105 Å². The molecular formula is C40H36N2O6. The Morgan fingerprint density at radius 1 is 0.979 bits per heavy atom. The van der Waals surface area contributed by atoms with Crippen LogP contribution < -0.4 is 15.0 Å². The van der Waals surface area contributed by atoms with Crippen molar-refractivity contribution in [3.63, 3.8) is 0 Å². The van der Waals surface area contributed by atoms with Crippen molar-refractivity contribution in [1.82, 2.24) is 9.55 Å². The summed E-state index contributed by atoms with van der Waals surface area (Å²) >= 11 is 0. The van der Waals surface area contributed by atoms with E-state index in [9.17, 15) is 14.7 Å². The van der Waals surface area contributed by atoms with Crippen LogP contribution in [-0.2, 0) is 22.5 Å². The second-order valence-electron chi connectivity index (χ2n) is 13.1.